The van der Waals surface area contributed by atoms with Crippen LogP contribution in [0.3, 0.4) is 0 Å². The van der Waals surface area contributed by atoms with Crippen LogP contribution >= 0.6 is 0 Å². The fraction of sp³-hybridized carbons (Fsp3) is 0.550. The number of hydrogen-bond donors (Lipinski definition) is 1. The standard InChI is InChI=1S/C12H13N.C8H18N2/c1-9(2)10-5-3-7-12-11(10)6-4-8-13-12;1-8(2,3)10-6-4-9-5-7-10/h3-9H,1-2H3;9H,4-7H2,1-3H3. The van der Waals surface area contributed by atoms with Crippen molar-refractivity contribution in [1.29, 1.82) is 0 Å². The first kappa shape index (κ1) is 17.9. The second-order valence-corrected chi connectivity index (χ2v) is 7.48. The molecule has 0 bridgehead atoms. The second-order valence-electron chi connectivity index (χ2n) is 7.48. The summed E-state index contributed by atoms with van der Waals surface area (Å²) in [5.41, 5.74) is 2.83. The summed E-state index contributed by atoms with van der Waals surface area (Å²) < 4.78 is 0. The van der Waals surface area contributed by atoms with Crippen molar-refractivity contribution in [2.75, 3.05) is 26.2 Å². The molecule has 1 aliphatic heterocycles. The first-order chi connectivity index (χ1) is 10.9. The highest BCUT2D eigenvalue weighted by Crippen LogP contribution is 2.23. The highest BCUT2D eigenvalue weighted by Gasteiger charge is 2.21. The predicted octanol–water partition coefficient (Wildman–Crippen LogP) is 4.05. The number of fused-ring (bicyclic) bond motifs is 1. The summed E-state index contributed by atoms with van der Waals surface area (Å²) in [6, 6.07) is 10.4. The SMILES string of the molecule is CC(C)(C)N1CCNCC1.CC(C)c1cccc2ncccc12. The molecule has 2 aromatic rings. The van der Waals surface area contributed by atoms with E-state index in [0.717, 1.165) is 18.6 Å². The number of benzene rings is 1. The minimum absolute atomic E-state index is 0.363. The molecular formula is C20H31N3. The topological polar surface area (TPSA) is 28.2 Å². The molecule has 1 aliphatic rings. The van der Waals surface area contributed by atoms with Gasteiger partial charge in [0.15, 0.2) is 0 Å². The van der Waals surface area contributed by atoms with Crippen molar-refractivity contribution in [3.63, 3.8) is 0 Å². The van der Waals surface area contributed by atoms with Gasteiger partial charge in [0.05, 0.1) is 5.52 Å². The lowest BCUT2D eigenvalue weighted by Crippen LogP contribution is -2.51. The molecule has 2 heterocycles. The molecule has 3 rings (SSSR count). The largest absolute Gasteiger partial charge is 0.314 e. The Labute approximate surface area is 141 Å². The molecule has 3 heteroatoms. The molecule has 1 N–H and O–H groups in total. The zero-order chi connectivity index (χ0) is 16.9. The van der Waals surface area contributed by atoms with Crippen molar-refractivity contribution in [3.05, 3.63) is 42.1 Å². The summed E-state index contributed by atoms with van der Waals surface area (Å²) >= 11 is 0. The molecular weight excluding hydrogens is 282 g/mol. The number of rotatable bonds is 1. The summed E-state index contributed by atoms with van der Waals surface area (Å²) in [5, 5.41) is 4.62. The number of nitrogens with one attached hydrogen (secondary N) is 1. The molecule has 1 saturated heterocycles. The highest BCUT2D eigenvalue weighted by molar-refractivity contribution is 5.82. The third-order valence-electron chi connectivity index (χ3n) is 4.37. The maximum atomic E-state index is 4.32. The van der Waals surface area contributed by atoms with Crippen LogP contribution in [0.5, 0.6) is 0 Å². The van der Waals surface area contributed by atoms with Crippen LogP contribution in [0.2, 0.25) is 0 Å². The maximum absolute atomic E-state index is 4.32. The van der Waals surface area contributed by atoms with E-state index < -0.39 is 0 Å². The average molecular weight is 313 g/mol. The molecule has 1 aromatic heterocycles. The van der Waals surface area contributed by atoms with E-state index in [1.807, 2.05) is 12.3 Å². The van der Waals surface area contributed by atoms with Gasteiger partial charge in [0.2, 0.25) is 0 Å². The Hall–Kier alpha value is -1.45. The smallest absolute Gasteiger partial charge is 0.0704 e. The van der Waals surface area contributed by atoms with Crippen molar-refractivity contribution in [2.24, 2.45) is 0 Å². The van der Waals surface area contributed by atoms with E-state index in [2.05, 4.69) is 74.1 Å². The van der Waals surface area contributed by atoms with Crippen LogP contribution in [0.25, 0.3) is 10.9 Å². The van der Waals surface area contributed by atoms with E-state index >= 15 is 0 Å². The normalized spacial score (nSPS) is 16.3. The minimum atomic E-state index is 0.363. The van der Waals surface area contributed by atoms with E-state index in [9.17, 15) is 0 Å². The van der Waals surface area contributed by atoms with Gasteiger partial charge in [0, 0.05) is 43.3 Å². The van der Waals surface area contributed by atoms with Crippen LogP contribution in [0.1, 0.15) is 46.1 Å². The lowest BCUT2D eigenvalue weighted by Gasteiger charge is -2.38. The molecule has 0 radical (unpaired) electrons. The van der Waals surface area contributed by atoms with Crippen molar-refractivity contribution in [1.82, 2.24) is 15.2 Å². The molecule has 126 valence electrons. The Morgan fingerprint density at radius 1 is 1.04 bits per heavy atom. The first-order valence-corrected chi connectivity index (χ1v) is 8.69. The molecule has 0 saturated carbocycles. The second kappa shape index (κ2) is 7.89. The van der Waals surface area contributed by atoms with Gasteiger partial charge in [-0.25, -0.2) is 0 Å². The van der Waals surface area contributed by atoms with E-state index in [1.54, 1.807) is 0 Å². The summed E-state index contributed by atoms with van der Waals surface area (Å²) in [5.74, 6) is 0.563. The maximum Gasteiger partial charge on any atom is 0.0704 e. The Kier molecular flexibility index (Phi) is 6.14. The van der Waals surface area contributed by atoms with E-state index in [4.69, 9.17) is 0 Å². The molecule has 1 aromatic carbocycles. The Bertz CT molecular complexity index is 602. The lowest BCUT2D eigenvalue weighted by molar-refractivity contribution is 0.119. The predicted molar refractivity (Wildman–Crippen MR) is 100 cm³/mol. The highest BCUT2D eigenvalue weighted by atomic mass is 15.2. The Morgan fingerprint density at radius 3 is 2.30 bits per heavy atom. The lowest BCUT2D eigenvalue weighted by atomic mass is 9.98. The van der Waals surface area contributed by atoms with E-state index in [-0.39, 0.29) is 0 Å². The molecule has 0 aliphatic carbocycles. The average Bonchev–Trinajstić information content (AvgIpc) is 2.55. The molecule has 0 atom stereocenters. The summed E-state index contributed by atoms with van der Waals surface area (Å²) in [4.78, 5) is 6.84. The number of aromatic nitrogens is 1. The molecule has 23 heavy (non-hydrogen) atoms. The quantitative estimate of drug-likeness (QED) is 0.861. The fourth-order valence-corrected chi connectivity index (χ4v) is 2.97. The van der Waals surface area contributed by atoms with Gasteiger partial charge in [0.1, 0.15) is 0 Å². The van der Waals surface area contributed by atoms with E-state index in [0.29, 0.717) is 11.5 Å². The number of hydrogen-bond acceptors (Lipinski definition) is 3. The van der Waals surface area contributed by atoms with Gasteiger partial charge >= 0.3 is 0 Å². The zero-order valence-corrected chi connectivity index (χ0v) is 15.3. The van der Waals surface area contributed by atoms with Gasteiger partial charge < -0.3 is 5.32 Å². The van der Waals surface area contributed by atoms with Crippen LogP contribution in [0.15, 0.2) is 36.5 Å². The van der Waals surface area contributed by atoms with Gasteiger partial charge in [-0.05, 0) is 44.4 Å². The zero-order valence-electron chi connectivity index (χ0n) is 15.3. The number of pyridine rings is 1. The summed E-state index contributed by atoms with van der Waals surface area (Å²) in [7, 11) is 0. The molecule has 0 unspecified atom stereocenters. The van der Waals surface area contributed by atoms with Crippen LogP contribution in [0, 0.1) is 0 Å². The van der Waals surface area contributed by atoms with Gasteiger partial charge in [0.25, 0.3) is 0 Å². The van der Waals surface area contributed by atoms with Crippen LogP contribution in [-0.2, 0) is 0 Å². The third-order valence-corrected chi connectivity index (χ3v) is 4.37. The summed E-state index contributed by atoms with van der Waals surface area (Å²) in [6.07, 6.45) is 1.84. The van der Waals surface area contributed by atoms with Gasteiger partial charge in [-0.15, -0.1) is 0 Å². The van der Waals surface area contributed by atoms with Crippen LogP contribution in [0.4, 0.5) is 0 Å². The van der Waals surface area contributed by atoms with Crippen molar-refractivity contribution in [3.8, 4) is 0 Å². The van der Waals surface area contributed by atoms with Gasteiger partial charge in [-0.2, -0.15) is 0 Å². The third kappa shape index (κ3) is 5.02. The first-order valence-electron chi connectivity index (χ1n) is 8.69. The molecule has 0 amide bonds. The summed E-state index contributed by atoms with van der Waals surface area (Å²) in [6.45, 7) is 15.9. The number of piperazine rings is 1. The monoisotopic (exact) mass is 313 g/mol. The van der Waals surface area contributed by atoms with Gasteiger partial charge in [-0.3, -0.25) is 9.88 Å². The van der Waals surface area contributed by atoms with E-state index in [1.165, 1.54) is 24.0 Å². The van der Waals surface area contributed by atoms with Crippen molar-refractivity contribution < 1.29 is 0 Å². The molecule has 0 spiro atoms. The van der Waals surface area contributed by atoms with Crippen LogP contribution < -0.4 is 5.32 Å². The van der Waals surface area contributed by atoms with Crippen molar-refractivity contribution in [2.45, 2.75) is 46.1 Å². The Morgan fingerprint density at radius 2 is 1.74 bits per heavy atom. The van der Waals surface area contributed by atoms with Gasteiger partial charge in [-0.1, -0.05) is 32.0 Å². The van der Waals surface area contributed by atoms with Crippen molar-refractivity contribution >= 4 is 10.9 Å². The fourth-order valence-electron chi connectivity index (χ4n) is 2.97. The number of nitrogens with zero attached hydrogens (tertiary/aromatic N) is 2. The van der Waals surface area contributed by atoms with Crippen LogP contribution in [-0.4, -0.2) is 41.6 Å². The molecule has 3 nitrogen and oxygen atoms in total. The molecule has 1 fully saturated rings. The minimum Gasteiger partial charge on any atom is -0.314 e. The Balaban J connectivity index is 0.000000174.